The minimum Gasteiger partial charge on any atom is -0.443 e. The van der Waals surface area contributed by atoms with Crippen molar-refractivity contribution in [2.45, 2.75) is 45.8 Å². The van der Waals surface area contributed by atoms with Gasteiger partial charge in [-0.3, -0.25) is 4.79 Å². The first-order chi connectivity index (χ1) is 14.0. The Labute approximate surface area is 175 Å². The van der Waals surface area contributed by atoms with Gasteiger partial charge in [-0.25, -0.2) is 14.5 Å². The van der Waals surface area contributed by atoms with Crippen LogP contribution in [0.4, 0.5) is 10.6 Å². The normalized spacial score (nSPS) is 13.9. The number of fused-ring (bicyclic) bond motifs is 1. The van der Waals surface area contributed by atoms with Gasteiger partial charge in [0.05, 0.1) is 0 Å². The van der Waals surface area contributed by atoms with Crippen LogP contribution in [0, 0.1) is 0 Å². The van der Waals surface area contributed by atoms with Gasteiger partial charge in [-0.05, 0) is 56.0 Å². The lowest BCUT2D eigenvalue weighted by Crippen LogP contribution is -2.42. The molecule has 3 rings (SSSR count). The number of rotatable bonds is 5. The molecule has 3 N–H and O–H groups in total. The molecule has 1 aromatic heterocycles. The molecule has 2 heterocycles. The summed E-state index contributed by atoms with van der Waals surface area (Å²) in [5.41, 5.74) is 2.64. The van der Waals surface area contributed by atoms with Gasteiger partial charge in [-0.2, -0.15) is 13.1 Å². The second kappa shape index (κ2) is 8.41. The summed E-state index contributed by atoms with van der Waals surface area (Å²) < 4.78 is 33.3. The van der Waals surface area contributed by atoms with E-state index in [2.05, 4.69) is 15.0 Å². The summed E-state index contributed by atoms with van der Waals surface area (Å²) in [4.78, 5) is 27.5. The second-order valence-corrected chi connectivity index (χ2v) is 9.36. The largest absolute Gasteiger partial charge is 0.443 e. The van der Waals surface area contributed by atoms with Crippen molar-refractivity contribution in [3.63, 3.8) is 0 Å². The van der Waals surface area contributed by atoms with Gasteiger partial charge in [0.15, 0.2) is 0 Å². The van der Waals surface area contributed by atoms with Crippen molar-refractivity contribution in [2.24, 2.45) is 0 Å². The van der Waals surface area contributed by atoms with Gasteiger partial charge in [0.1, 0.15) is 11.4 Å². The first kappa shape index (κ1) is 21.7. The number of nitrogens with zero attached hydrogens (tertiary/aromatic N) is 1. The lowest BCUT2D eigenvalue weighted by atomic mass is 9.94. The van der Waals surface area contributed by atoms with Gasteiger partial charge in [0, 0.05) is 24.7 Å². The summed E-state index contributed by atoms with van der Waals surface area (Å²) in [6, 6.07) is 9.21. The molecule has 9 nitrogen and oxygen atoms in total. The Bertz CT molecular complexity index is 1080. The fourth-order valence-corrected chi connectivity index (χ4v) is 3.72. The van der Waals surface area contributed by atoms with Crippen LogP contribution in [-0.4, -0.2) is 31.0 Å². The van der Waals surface area contributed by atoms with Crippen LogP contribution in [0.3, 0.4) is 0 Å². The monoisotopic (exact) mass is 432 g/mol. The number of carbonyl (C=O) groups is 2. The number of amides is 2. The molecule has 0 saturated carbocycles. The zero-order valence-corrected chi connectivity index (χ0v) is 17.8. The molecule has 160 valence electrons. The minimum atomic E-state index is -4.08. The van der Waals surface area contributed by atoms with Crippen molar-refractivity contribution in [1.82, 2.24) is 14.4 Å². The molecule has 0 bridgehead atoms. The molecule has 10 heteroatoms. The number of anilines is 1. The van der Waals surface area contributed by atoms with Crippen LogP contribution < -0.4 is 14.8 Å². The molecule has 0 spiro atoms. The van der Waals surface area contributed by atoms with E-state index in [-0.39, 0.29) is 12.5 Å². The molecule has 0 unspecified atom stereocenters. The molecule has 0 saturated heterocycles. The molecule has 0 atom stereocenters. The average molecular weight is 433 g/mol. The quantitative estimate of drug-likeness (QED) is 0.666. The number of aromatic nitrogens is 1. The van der Waals surface area contributed by atoms with Crippen LogP contribution in [0.15, 0.2) is 36.5 Å². The predicted octanol–water partition coefficient (Wildman–Crippen LogP) is 2.49. The molecular formula is C20H24N4O5S. The highest BCUT2D eigenvalue weighted by Gasteiger charge is 2.22. The van der Waals surface area contributed by atoms with E-state index in [1.165, 1.54) is 0 Å². The topological polar surface area (TPSA) is 126 Å². The maximum absolute atomic E-state index is 12.1. The Hall–Kier alpha value is -2.98. The van der Waals surface area contributed by atoms with Crippen LogP contribution in [0.5, 0.6) is 0 Å². The van der Waals surface area contributed by atoms with Crippen LogP contribution in [0.2, 0.25) is 0 Å². The molecule has 0 radical (unpaired) electrons. The van der Waals surface area contributed by atoms with Crippen molar-refractivity contribution in [3.8, 4) is 11.1 Å². The van der Waals surface area contributed by atoms with E-state index in [9.17, 15) is 18.0 Å². The molecule has 30 heavy (non-hydrogen) atoms. The third kappa shape index (κ3) is 5.77. The highest BCUT2D eigenvalue weighted by Crippen LogP contribution is 2.31. The van der Waals surface area contributed by atoms with Gasteiger partial charge in [0.25, 0.3) is 0 Å². The Kier molecular flexibility index (Phi) is 6.09. The first-order valence-electron chi connectivity index (χ1n) is 9.40. The summed E-state index contributed by atoms with van der Waals surface area (Å²) in [7, 11) is -4.08. The maximum Gasteiger partial charge on any atom is 0.422 e. The van der Waals surface area contributed by atoms with Gasteiger partial charge in [0.2, 0.25) is 5.91 Å². The first-order valence-corrected chi connectivity index (χ1v) is 10.9. The molecule has 0 fully saturated rings. The molecule has 2 amide bonds. The van der Waals surface area contributed by atoms with Crippen LogP contribution in [0.1, 0.15) is 38.3 Å². The van der Waals surface area contributed by atoms with E-state index in [0.29, 0.717) is 24.2 Å². The van der Waals surface area contributed by atoms with Gasteiger partial charge < -0.3 is 10.1 Å². The van der Waals surface area contributed by atoms with Crippen molar-refractivity contribution in [3.05, 3.63) is 47.7 Å². The van der Waals surface area contributed by atoms with E-state index in [4.69, 9.17) is 4.74 Å². The Morgan fingerprint density at radius 2 is 2.00 bits per heavy atom. The number of carbonyl (C=O) groups excluding carboxylic acids is 2. The lowest BCUT2D eigenvalue weighted by molar-refractivity contribution is -0.116. The molecule has 1 aliphatic heterocycles. The van der Waals surface area contributed by atoms with E-state index in [1.54, 1.807) is 33.0 Å². The van der Waals surface area contributed by atoms with Crippen LogP contribution in [0.25, 0.3) is 11.1 Å². The van der Waals surface area contributed by atoms with Gasteiger partial charge in [-0.1, -0.05) is 18.2 Å². The Morgan fingerprint density at radius 1 is 1.23 bits per heavy atom. The predicted molar refractivity (Wildman–Crippen MR) is 112 cm³/mol. The zero-order chi connectivity index (χ0) is 21.9. The molecule has 1 aliphatic rings. The zero-order valence-electron chi connectivity index (χ0n) is 17.0. The summed E-state index contributed by atoms with van der Waals surface area (Å²) in [6.07, 6.45) is 1.55. The van der Waals surface area contributed by atoms with Crippen LogP contribution >= 0.6 is 0 Å². The van der Waals surface area contributed by atoms with E-state index in [0.717, 1.165) is 16.7 Å². The number of hydrogen-bond donors (Lipinski definition) is 3. The molecule has 1 aromatic carbocycles. The SMILES string of the molecule is CC(C)(C)OC(=O)NS(=O)(=O)NCc1cccc(-c2ccnc3c2CCC(=O)N3)c1. The standard InChI is InChI=1S/C20H24N4O5S/c1-20(2,3)29-19(26)24-30(27,28)22-12-13-5-4-6-14(11-13)15-9-10-21-18-16(15)7-8-17(25)23-18/h4-6,9-11,22H,7-8,12H2,1-3H3,(H,24,26)(H,21,23,25). The summed E-state index contributed by atoms with van der Waals surface area (Å²) >= 11 is 0. The smallest absolute Gasteiger partial charge is 0.422 e. The summed E-state index contributed by atoms with van der Waals surface area (Å²) in [6.45, 7) is 4.90. The highest BCUT2D eigenvalue weighted by atomic mass is 32.2. The van der Waals surface area contributed by atoms with E-state index in [1.807, 2.05) is 29.0 Å². The number of pyridine rings is 1. The Morgan fingerprint density at radius 3 is 2.73 bits per heavy atom. The van der Waals surface area contributed by atoms with Gasteiger partial charge >= 0.3 is 16.3 Å². The number of hydrogen-bond acceptors (Lipinski definition) is 6. The minimum absolute atomic E-state index is 0.0179. The third-order valence-corrected chi connectivity index (χ3v) is 5.20. The van der Waals surface area contributed by atoms with Crippen molar-refractivity contribution >= 4 is 28.0 Å². The van der Waals surface area contributed by atoms with Crippen molar-refractivity contribution in [1.29, 1.82) is 0 Å². The second-order valence-electron chi connectivity index (χ2n) is 7.86. The maximum atomic E-state index is 12.1. The van der Waals surface area contributed by atoms with E-state index >= 15 is 0 Å². The van der Waals surface area contributed by atoms with E-state index < -0.39 is 21.9 Å². The highest BCUT2D eigenvalue weighted by molar-refractivity contribution is 7.88. The fourth-order valence-electron chi connectivity index (χ4n) is 3.03. The molecular weight excluding hydrogens is 408 g/mol. The average Bonchev–Trinajstić information content (AvgIpc) is 2.64. The molecule has 2 aromatic rings. The van der Waals surface area contributed by atoms with Crippen molar-refractivity contribution < 1.29 is 22.7 Å². The number of benzene rings is 1. The Balaban J connectivity index is 1.72. The summed E-state index contributed by atoms with van der Waals surface area (Å²) in [5, 5.41) is 2.77. The summed E-state index contributed by atoms with van der Waals surface area (Å²) in [5.74, 6) is 0.490. The van der Waals surface area contributed by atoms with Gasteiger partial charge in [-0.15, -0.1) is 0 Å². The third-order valence-electron chi connectivity index (χ3n) is 4.24. The number of ether oxygens (including phenoxy) is 1. The number of nitrogens with one attached hydrogen (secondary N) is 3. The fraction of sp³-hybridized carbons (Fsp3) is 0.350. The van der Waals surface area contributed by atoms with Crippen LogP contribution in [-0.2, 0) is 32.7 Å². The molecule has 0 aliphatic carbocycles. The lowest BCUT2D eigenvalue weighted by Gasteiger charge is -2.20. The van der Waals surface area contributed by atoms with Crippen molar-refractivity contribution in [2.75, 3.05) is 5.32 Å².